The number of nitrogens with one attached hydrogen (secondary N) is 2. The predicted octanol–water partition coefficient (Wildman–Crippen LogP) is -0.288. The summed E-state index contributed by atoms with van der Waals surface area (Å²) in [5.74, 6) is 2.04. The molecule has 0 aliphatic carbocycles. The molecule has 0 aliphatic rings. The van der Waals surface area contributed by atoms with Crippen molar-refractivity contribution in [3.05, 3.63) is 24.3 Å². The molecule has 0 spiro atoms. The molecule has 6 heteroatoms. The van der Waals surface area contributed by atoms with Crippen LogP contribution in [0.15, 0.2) is 24.3 Å². The van der Waals surface area contributed by atoms with Crippen molar-refractivity contribution in [1.29, 1.82) is 0 Å². The van der Waals surface area contributed by atoms with Crippen molar-refractivity contribution in [2.45, 2.75) is 0 Å². The normalized spacial score (nSPS) is 9.42. The SMILES string of the molecule is C#CCNCC(=O)Nc1cccc(OCC(N)=O)c1. The predicted molar refractivity (Wildman–Crippen MR) is 71.5 cm³/mol. The van der Waals surface area contributed by atoms with Crippen molar-refractivity contribution in [2.75, 3.05) is 25.0 Å². The Kier molecular flexibility index (Phi) is 5.92. The van der Waals surface area contributed by atoms with Crippen LogP contribution in [0.1, 0.15) is 0 Å². The molecule has 1 aromatic rings. The van der Waals surface area contributed by atoms with E-state index < -0.39 is 5.91 Å². The molecule has 100 valence electrons. The van der Waals surface area contributed by atoms with Gasteiger partial charge in [0.1, 0.15) is 5.75 Å². The van der Waals surface area contributed by atoms with Gasteiger partial charge in [-0.2, -0.15) is 0 Å². The van der Waals surface area contributed by atoms with Crippen LogP contribution in [0, 0.1) is 12.3 Å². The molecule has 1 rings (SSSR count). The smallest absolute Gasteiger partial charge is 0.255 e. The average Bonchev–Trinajstić information content (AvgIpc) is 2.37. The number of carbonyl (C=O) groups excluding carboxylic acids is 2. The van der Waals surface area contributed by atoms with E-state index in [1.54, 1.807) is 24.3 Å². The topological polar surface area (TPSA) is 93.4 Å². The first-order valence-electron chi connectivity index (χ1n) is 5.57. The Bertz CT molecular complexity index is 494. The molecule has 1 aromatic carbocycles. The van der Waals surface area contributed by atoms with Gasteiger partial charge in [0.15, 0.2) is 6.61 Å². The third kappa shape index (κ3) is 6.10. The van der Waals surface area contributed by atoms with Crippen LogP contribution < -0.4 is 21.1 Å². The Morgan fingerprint density at radius 3 is 2.89 bits per heavy atom. The minimum absolute atomic E-state index is 0.122. The Morgan fingerprint density at radius 1 is 1.42 bits per heavy atom. The van der Waals surface area contributed by atoms with Gasteiger partial charge in [0.05, 0.1) is 13.1 Å². The van der Waals surface area contributed by atoms with E-state index in [1.165, 1.54) is 0 Å². The number of anilines is 1. The molecule has 4 N–H and O–H groups in total. The first-order valence-corrected chi connectivity index (χ1v) is 5.57. The Labute approximate surface area is 111 Å². The van der Waals surface area contributed by atoms with Gasteiger partial charge in [0, 0.05) is 11.8 Å². The molecular formula is C13H15N3O3. The maximum Gasteiger partial charge on any atom is 0.255 e. The van der Waals surface area contributed by atoms with Crippen molar-refractivity contribution < 1.29 is 14.3 Å². The third-order valence-electron chi connectivity index (χ3n) is 2.01. The van der Waals surface area contributed by atoms with Gasteiger partial charge in [-0.1, -0.05) is 12.0 Å². The monoisotopic (exact) mass is 261 g/mol. The van der Waals surface area contributed by atoms with E-state index >= 15 is 0 Å². The van der Waals surface area contributed by atoms with Crippen LogP contribution in [0.4, 0.5) is 5.69 Å². The van der Waals surface area contributed by atoms with Crippen LogP contribution in [0.2, 0.25) is 0 Å². The Balaban J connectivity index is 2.49. The molecule has 2 amide bonds. The standard InChI is InChI=1S/C13H15N3O3/c1-2-6-15-8-13(18)16-10-4-3-5-11(7-10)19-9-12(14)17/h1,3-5,7,15H,6,8-9H2,(H2,14,17)(H,16,18). The minimum Gasteiger partial charge on any atom is -0.484 e. The molecule has 0 aromatic heterocycles. The summed E-state index contributed by atoms with van der Waals surface area (Å²) >= 11 is 0. The van der Waals surface area contributed by atoms with Gasteiger partial charge in [-0.25, -0.2) is 0 Å². The molecule has 0 bridgehead atoms. The van der Waals surface area contributed by atoms with Crippen molar-refractivity contribution in [3.63, 3.8) is 0 Å². The quantitative estimate of drug-likeness (QED) is 0.464. The number of hydrogen-bond donors (Lipinski definition) is 3. The molecule has 0 radical (unpaired) electrons. The number of carbonyl (C=O) groups is 2. The van der Waals surface area contributed by atoms with Gasteiger partial charge in [0.2, 0.25) is 5.91 Å². The van der Waals surface area contributed by atoms with Crippen molar-refractivity contribution >= 4 is 17.5 Å². The van der Waals surface area contributed by atoms with Crippen molar-refractivity contribution in [1.82, 2.24) is 5.32 Å². The number of nitrogens with two attached hydrogens (primary N) is 1. The molecule has 0 aliphatic heterocycles. The van der Waals surface area contributed by atoms with Crippen LogP contribution in [-0.2, 0) is 9.59 Å². The van der Waals surface area contributed by atoms with Gasteiger partial charge >= 0.3 is 0 Å². The lowest BCUT2D eigenvalue weighted by Gasteiger charge is -2.08. The molecule has 0 unspecified atom stereocenters. The Hall–Kier alpha value is -2.52. The molecule has 0 atom stereocenters. The molecule has 0 saturated heterocycles. The van der Waals surface area contributed by atoms with Gasteiger partial charge in [-0.15, -0.1) is 6.42 Å². The number of hydrogen-bond acceptors (Lipinski definition) is 4. The second-order valence-electron chi connectivity index (χ2n) is 3.64. The largest absolute Gasteiger partial charge is 0.484 e. The van der Waals surface area contributed by atoms with Gasteiger partial charge in [-0.05, 0) is 12.1 Å². The summed E-state index contributed by atoms with van der Waals surface area (Å²) in [5.41, 5.74) is 5.53. The van der Waals surface area contributed by atoms with Crippen LogP contribution >= 0.6 is 0 Å². The van der Waals surface area contributed by atoms with E-state index in [9.17, 15) is 9.59 Å². The lowest BCUT2D eigenvalue weighted by molar-refractivity contribution is -0.120. The summed E-state index contributed by atoms with van der Waals surface area (Å²) in [6, 6.07) is 6.66. The first-order chi connectivity index (χ1) is 9.11. The highest BCUT2D eigenvalue weighted by molar-refractivity contribution is 5.92. The van der Waals surface area contributed by atoms with Gasteiger partial charge in [0.25, 0.3) is 5.91 Å². The van der Waals surface area contributed by atoms with E-state index in [2.05, 4.69) is 16.6 Å². The lowest BCUT2D eigenvalue weighted by Crippen LogP contribution is -2.28. The fraction of sp³-hybridized carbons (Fsp3) is 0.231. The summed E-state index contributed by atoms with van der Waals surface area (Å²) in [7, 11) is 0. The first kappa shape index (κ1) is 14.5. The zero-order valence-electron chi connectivity index (χ0n) is 10.3. The van der Waals surface area contributed by atoms with Crippen LogP contribution in [0.5, 0.6) is 5.75 Å². The summed E-state index contributed by atoms with van der Waals surface area (Å²) in [6.45, 7) is 0.243. The van der Waals surface area contributed by atoms with Gasteiger partial charge < -0.3 is 15.8 Å². The van der Waals surface area contributed by atoms with Crippen molar-refractivity contribution in [3.8, 4) is 18.1 Å². The number of primary amides is 1. The summed E-state index contributed by atoms with van der Waals surface area (Å²) in [5, 5.41) is 5.43. The zero-order chi connectivity index (χ0) is 14.1. The lowest BCUT2D eigenvalue weighted by atomic mass is 10.3. The molecule has 0 saturated carbocycles. The number of ether oxygens (including phenoxy) is 1. The highest BCUT2D eigenvalue weighted by atomic mass is 16.5. The second-order valence-corrected chi connectivity index (χ2v) is 3.64. The maximum atomic E-state index is 11.5. The van der Waals surface area contributed by atoms with E-state index in [1.807, 2.05) is 0 Å². The second kappa shape index (κ2) is 7.74. The van der Waals surface area contributed by atoms with Crippen LogP contribution in [0.25, 0.3) is 0 Å². The Morgan fingerprint density at radius 2 is 2.21 bits per heavy atom. The maximum absolute atomic E-state index is 11.5. The molecular weight excluding hydrogens is 246 g/mol. The van der Waals surface area contributed by atoms with E-state index in [0.29, 0.717) is 18.0 Å². The summed E-state index contributed by atoms with van der Waals surface area (Å²) < 4.78 is 5.12. The van der Waals surface area contributed by atoms with Crippen LogP contribution in [0.3, 0.4) is 0 Å². The summed E-state index contributed by atoms with van der Waals surface area (Å²) in [6.07, 6.45) is 5.05. The molecule has 0 heterocycles. The highest BCUT2D eigenvalue weighted by Crippen LogP contribution is 2.16. The van der Waals surface area contributed by atoms with Gasteiger partial charge in [-0.3, -0.25) is 14.9 Å². The zero-order valence-corrected chi connectivity index (χ0v) is 10.3. The number of rotatable bonds is 7. The van der Waals surface area contributed by atoms with E-state index in [-0.39, 0.29) is 19.1 Å². The third-order valence-corrected chi connectivity index (χ3v) is 2.01. The van der Waals surface area contributed by atoms with Crippen molar-refractivity contribution in [2.24, 2.45) is 5.73 Å². The molecule has 6 nitrogen and oxygen atoms in total. The number of benzene rings is 1. The molecule has 19 heavy (non-hydrogen) atoms. The number of terminal acetylenes is 1. The van der Waals surface area contributed by atoms with E-state index in [4.69, 9.17) is 16.9 Å². The summed E-state index contributed by atoms with van der Waals surface area (Å²) in [4.78, 5) is 22.1. The fourth-order valence-corrected chi connectivity index (χ4v) is 1.27. The fourth-order valence-electron chi connectivity index (χ4n) is 1.27. The average molecular weight is 261 g/mol. The molecule has 0 fully saturated rings. The van der Waals surface area contributed by atoms with E-state index in [0.717, 1.165) is 0 Å². The minimum atomic E-state index is -0.562. The van der Waals surface area contributed by atoms with Crippen LogP contribution in [-0.4, -0.2) is 31.5 Å². The number of amides is 2. The highest BCUT2D eigenvalue weighted by Gasteiger charge is 2.03.